The van der Waals surface area contributed by atoms with Crippen LogP contribution in [-0.4, -0.2) is 29.3 Å². The van der Waals surface area contributed by atoms with Gasteiger partial charge in [-0.2, -0.15) is 5.10 Å². The maximum Gasteiger partial charge on any atom is 0.191 e. The van der Waals surface area contributed by atoms with Crippen LogP contribution in [0.3, 0.4) is 0 Å². The Morgan fingerprint density at radius 3 is 2.65 bits per heavy atom. The quantitative estimate of drug-likeness (QED) is 0.343. The van der Waals surface area contributed by atoms with Crippen LogP contribution >= 0.6 is 24.0 Å². The lowest BCUT2D eigenvalue weighted by Gasteiger charge is -2.11. The molecule has 2 heterocycles. The number of hydrogen-bond acceptors (Lipinski definition) is 3. The summed E-state index contributed by atoms with van der Waals surface area (Å²) in [5.74, 6) is 1.75. The highest BCUT2D eigenvalue weighted by atomic mass is 127. The third-order valence-electron chi connectivity index (χ3n) is 4.46. The largest absolute Gasteiger partial charge is 0.461 e. The molecule has 6 nitrogen and oxygen atoms in total. The molecule has 3 aromatic rings. The smallest absolute Gasteiger partial charge is 0.191 e. The van der Waals surface area contributed by atoms with E-state index in [4.69, 9.17) is 4.42 Å². The first kappa shape index (κ1) is 20.3. The third-order valence-corrected chi connectivity index (χ3v) is 4.46. The molecule has 0 saturated heterocycles. The van der Waals surface area contributed by atoms with Crippen LogP contribution in [0.1, 0.15) is 22.7 Å². The first-order valence-electron chi connectivity index (χ1n) is 8.49. The first-order valence-corrected chi connectivity index (χ1v) is 8.49. The van der Waals surface area contributed by atoms with Crippen molar-refractivity contribution in [3.8, 4) is 0 Å². The number of furan rings is 1. The number of aliphatic imine (C=N–C) groups is 1. The fraction of sp³-hybridized carbons (Fsp3) is 0.368. The molecule has 26 heavy (non-hydrogen) atoms. The lowest BCUT2D eigenvalue weighted by molar-refractivity contribution is 0.544. The molecule has 0 radical (unpaired) electrons. The average Bonchev–Trinajstić information content (AvgIpc) is 3.12. The van der Waals surface area contributed by atoms with Crippen LogP contribution in [0.5, 0.6) is 0 Å². The number of halogens is 1. The molecule has 0 aliphatic carbocycles. The van der Waals surface area contributed by atoms with E-state index >= 15 is 0 Å². The molecule has 2 N–H and O–H groups in total. The van der Waals surface area contributed by atoms with E-state index in [1.54, 1.807) is 7.05 Å². The van der Waals surface area contributed by atoms with E-state index in [0.717, 1.165) is 41.3 Å². The summed E-state index contributed by atoms with van der Waals surface area (Å²) in [5, 5.41) is 12.3. The van der Waals surface area contributed by atoms with Gasteiger partial charge in [0.1, 0.15) is 11.3 Å². The predicted molar refractivity (Wildman–Crippen MR) is 116 cm³/mol. The van der Waals surface area contributed by atoms with Crippen molar-refractivity contribution < 1.29 is 4.42 Å². The molecule has 3 rings (SSSR count). The van der Waals surface area contributed by atoms with Gasteiger partial charge >= 0.3 is 0 Å². The van der Waals surface area contributed by atoms with E-state index in [1.165, 1.54) is 11.3 Å². The number of nitrogens with one attached hydrogen (secondary N) is 2. The molecule has 1 aromatic carbocycles. The molecule has 140 valence electrons. The Hall–Kier alpha value is -2.03. The summed E-state index contributed by atoms with van der Waals surface area (Å²) in [6, 6.07) is 10.2. The summed E-state index contributed by atoms with van der Waals surface area (Å²) >= 11 is 0. The van der Waals surface area contributed by atoms with Gasteiger partial charge < -0.3 is 15.1 Å². The number of rotatable bonds is 5. The molecule has 0 amide bonds. The van der Waals surface area contributed by atoms with Crippen molar-refractivity contribution in [2.24, 2.45) is 12.0 Å². The van der Waals surface area contributed by atoms with Crippen molar-refractivity contribution in [2.45, 2.75) is 26.8 Å². The highest BCUT2D eigenvalue weighted by Crippen LogP contribution is 2.18. The van der Waals surface area contributed by atoms with Crippen molar-refractivity contribution in [1.82, 2.24) is 20.4 Å². The van der Waals surface area contributed by atoms with Crippen LogP contribution in [0, 0.1) is 13.8 Å². The van der Waals surface area contributed by atoms with Crippen LogP contribution in [0.15, 0.2) is 39.7 Å². The first-order chi connectivity index (χ1) is 12.1. The molecule has 0 fully saturated rings. The summed E-state index contributed by atoms with van der Waals surface area (Å²) in [6.07, 6.45) is 0.806. The van der Waals surface area contributed by atoms with Gasteiger partial charge in [0.15, 0.2) is 5.96 Å². The highest BCUT2D eigenvalue weighted by molar-refractivity contribution is 14.0. The molecule has 0 aliphatic rings. The minimum absolute atomic E-state index is 0. The van der Waals surface area contributed by atoms with Gasteiger partial charge in [0, 0.05) is 50.2 Å². The summed E-state index contributed by atoms with van der Waals surface area (Å²) in [6.45, 7) is 5.57. The molecule has 0 atom stereocenters. The number of hydrogen-bond donors (Lipinski definition) is 2. The Morgan fingerprint density at radius 1 is 1.23 bits per heavy atom. The Labute approximate surface area is 171 Å². The van der Waals surface area contributed by atoms with Gasteiger partial charge in [-0.05, 0) is 26.0 Å². The number of aryl methyl sites for hydroxylation is 2. The summed E-state index contributed by atoms with van der Waals surface area (Å²) in [7, 11) is 3.74. The molecule has 0 aliphatic heterocycles. The number of para-hydroxylation sites is 1. The van der Waals surface area contributed by atoms with E-state index in [2.05, 4.69) is 39.8 Å². The van der Waals surface area contributed by atoms with Gasteiger partial charge in [-0.15, -0.1) is 24.0 Å². The maximum atomic E-state index is 5.84. The van der Waals surface area contributed by atoms with E-state index in [-0.39, 0.29) is 24.0 Å². The van der Waals surface area contributed by atoms with Crippen molar-refractivity contribution in [3.05, 3.63) is 53.0 Å². The van der Waals surface area contributed by atoms with E-state index in [1.807, 2.05) is 36.9 Å². The third kappa shape index (κ3) is 4.57. The molecule has 0 unspecified atom stereocenters. The topological polar surface area (TPSA) is 67.4 Å². The number of aromatic nitrogens is 2. The van der Waals surface area contributed by atoms with Gasteiger partial charge in [0.2, 0.25) is 0 Å². The molecular formula is C19H26IN5O. The van der Waals surface area contributed by atoms with Crippen LogP contribution in [0.2, 0.25) is 0 Å². The zero-order chi connectivity index (χ0) is 17.8. The monoisotopic (exact) mass is 467 g/mol. The van der Waals surface area contributed by atoms with Crippen LogP contribution < -0.4 is 10.6 Å². The van der Waals surface area contributed by atoms with E-state index in [9.17, 15) is 0 Å². The normalized spacial score (nSPS) is 11.5. The number of benzene rings is 1. The van der Waals surface area contributed by atoms with Crippen LogP contribution in [-0.2, 0) is 20.0 Å². The van der Waals surface area contributed by atoms with Crippen LogP contribution in [0.4, 0.5) is 0 Å². The zero-order valence-corrected chi connectivity index (χ0v) is 18.0. The fourth-order valence-electron chi connectivity index (χ4n) is 2.93. The van der Waals surface area contributed by atoms with Gasteiger partial charge in [-0.3, -0.25) is 9.67 Å². The van der Waals surface area contributed by atoms with Gasteiger partial charge in [0.05, 0.1) is 5.69 Å². The summed E-state index contributed by atoms with van der Waals surface area (Å²) < 4.78 is 7.74. The lowest BCUT2D eigenvalue weighted by Crippen LogP contribution is -2.38. The predicted octanol–water partition coefficient (Wildman–Crippen LogP) is 3.31. The minimum Gasteiger partial charge on any atom is -0.461 e. The van der Waals surface area contributed by atoms with Gasteiger partial charge in [-0.25, -0.2) is 0 Å². The molecule has 0 bridgehead atoms. The average molecular weight is 467 g/mol. The maximum absolute atomic E-state index is 5.84. The summed E-state index contributed by atoms with van der Waals surface area (Å²) in [4.78, 5) is 4.28. The number of guanidine groups is 1. The summed E-state index contributed by atoms with van der Waals surface area (Å²) in [5.41, 5.74) is 4.36. The van der Waals surface area contributed by atoms with E-state index in [0.29, 0.717) is 6.54 Å². The zero-order valence-electron chi connectivity index (χ0n) is 15.7. The number of fused-ring (bicyclic) bond motifs is 1. The molecule has 0 saturated carbocycles. The second kappa shape index (κ2) is 9.07. The Morgan fingerprint density at radius 2 is 2.00 bits per heavy atom. The van der Waals surface area contributed by atoms with Gasteiger partial charge in [0.25, 0.3) is 0 Å². The Bertz CT molecular complexity index is 864. The molecule has 2 aromatic heterocycles. The van der Waals surface area contributed by atoms with E-state index < -0.39 is 0 Å². The molecule has 0 spiro atoms. The Balaban J connectivity index is 0.00000243. The van der Waals surface area contributed by atoms with Crippen LogP contribution in [0.25, 0.3) is 11.0 Å². The van der Waals surface area contributed by atoms with Crippen molar-refractivity contribution in [3.63, 3.8) is 0 Å². The minimum atomic E-state index is 0. The number of nitrogens with zero attached hydrogens (tertiary/aromatic N) is 3. The fourth-order valence-corrected chi connectivity index (χ4v) is 2.93. The van der Waals surface area contributed by atoms with Gasteiger partial charge in [-0.1, -0.05) is 18.2 Å². The molecule has 7 heteroatoms. The van der Waals surface area contributed by atoms with Crippen molar-refractivity contribution in [1.29, 1.82) is 0 Å². The highest BCUT2D eigenvalue weighted by Gasteiger charge is 2.10. The Kier molecular flexibility index (Phi) is 7.07. The SMILES string of the molecule is CN=C(NCCc1cc2ccccc2o1)NCc1c(C)nn(C)c1C.I. The van der Waals surface area contributed by atoms with Crippen molar-refractivity contribution >= 4 is 40.9 Å². The second-order valence-electron chi connectivity index (χ2n) is 6.13. The molecular weight excluding hydrogens is 441 g/mol. The lowest BCUT2D eigenvalue weighted by atomic mass is 10.2. The standard InChI is InChI=1S/C19H25N5O.HI/c1-13-17(14(2)24(4)23-13)12-22-19(20-3)21-10-9-16-11-15-7-5-6-8-18(15)25-16;/h5-8,11H,9-10,12H2,1-4H3,(H2,20,21,22);1H. The van der Waals surface area contributed by atoms with Crippen molar-refractivity contribution in [2.75, 3.05) is 13.6 Å². The second-order valence-corrected chi connectivity index (χ2v) is 6.13.